The van der Waals surface area contributed by atoms with Crippen LogP contribution in [-0.4, -0.2) is 60.4 Å². The lowest BCUT2D eigenvalue weighted by Crippen LogP contribution is -2.47. The van der Waals surface area contributed by atoms with E-state index in [1.165, 1.54) is 19.3 Å². The maximum Gasteiger partial charge on any atom is 0.254 e. The third kappa shape index (κ3) is 3.92. The van der Waals surface area contributed by atoms with E-state index in [4.69, 9.17) is 4.74 Å². The standard InChI is InChI=1S/C25H29N3O3/c1-26-24(29)17-5-7-21(8-6-17)31-22-9-10-23-18(15-22)11-14-28(25(23)30)20-12-13-27(16-20)19-3-2-4-19/h5-10,15,19-20H,2-4,11-14,16H2,1H3,(H,26,29)/t20-/m0/s1. The van der Waals surface area contributed by atoms with Crippen LogP contribution in [0.25, 0.3) is 0 Å². The predicted octanol–water partition coefficient (Wildman–Crippen LogP) is 3.46. The number of benzene rings is 2. The Kier molecular flexibility index (Phi) is 5.40. The van der Waals surface area contributed by atoms with E-state index in [9.17, 15) is 9.59 Å². The fourth-order valence-corrected chi connectivity index (χ4v) is 4.96. The molecule has 6 heteroatoms. The van der Waals surface area contributed by atoms with Crippen molar-refractivity contribution in [1.29, 1.82) is 0 Å². The molecule has 31 heavy (non-hydrogen) atoms. The smallest absolute Gasteiger partial charge is 0.254 e. The highest BCUT2D eigenvalue weighted by atomic mass is 16.5. The summed E-state index contributed by atoms with van der Waals surface area (Å²) in [6.45, 7) is 2.93. The quantitative estimate of drug-likeness (QED) is 0.806. The number of fused-ring (bicyclic) bond motifs is 1. The zero-order valence-corrected chi connectivity index (χ0v) is 18.0. The molecule has 0 radical (unpaired) electrons. The second kappa shape index (κ2) is 8.35. The molecule has 2 aromatic rings. The van der Waals surface area contributed by atoms with Gasteiger partial charge in [0.1, 0.15) is 11.5 Å². The molecule has 1 saturated heterocycles. The van der Waals surface area contributed by atoms with Crippen LogP contribution in [0.1, 0.15) is 52.0 Å². The van der Waals surface area contributed by atoms with E-state index in [0.29, 0.717) is 23.1 Å². The van der Waals surface area contributed by atoms with E-state index >= 15 is 0 Å². The van der Waals surface area contributed by atoms with E-state index in [1.54, 1.807) is 31.3 Å². The molecule has 162 valence electrons. The van der Waals surface area contributed by atoms with Gasteiger partial charge in [-0.15, -0.1) is 0 Å². The van der Waals surface area contributed by atoms with Gasteiger partial charge in [0.05, 0.1) is 0 Å². The van der Waals surface area contributed by atoms with Crippen molar-refractivity contribution in [2.45, 2.75) is 44.2 Å². The Balaban J connectivity index is 1.25. The van der Waals surface area contributed by atoms with Crippen molar-refractivity contribution >= 4 is 11.8 Å². The summed E-state index contributed by atoms with van der Waals surface area (Å²) in [5.74, 6) is 1.41. The van der Waals surface area contributed by atoms with Gasteiger partial charge in [0.15, 0.2) is 0 Å². The molecule has 5 rings (SSSR count). The molecule has 6 nitrogen and oxygen atoms in total. The van der Waals surface area contributed by atoms with Gasteiger partial charge >= 0.3 is 0 Å². The zero-order valence-electron chi connectivity index (χ0n) is 18.0. The summed E-state index contributed by atoms with van der Waals surface area (Å²) >= 11 is 0. The zero-order chi connectivity index (χ0) is 21.4. The van der Waals surface area contributed by atoms with Crippen molar-refractivity contribution in [3.8, 4) is 11.5 Å². The molecule has 2 amide bonds. The van der Waals surface area contributed by atoms with Crippen LogP contribution in [0.2, 0.25) is 0 Å². The first-order chi connectivity index (χ1) is 15.1. The lowest BCUT2D eigenvalue weighted by Gasteiger charge is -2.37. The van der Waals surface area contributed by atoms with Crippen LogP contribution in [0.3, 0.4) is 0 Å². The van der Waals surface area contributed by atoms with Crippen molar-refractivity contribution in [3.63, 3.8) is 0 Å². The summed E-state index contributed by atoms with van der Waals surface area (Å²) in [5.41, 5.74) is 2.44. The van der Waals surface area contributed by atoms with Gasteiger partial charge in [0, 0.05) is 49.9 Å². The van der Waals surface area contributed by atoms with Gasteiger partial charge in [0.25, 0.3) is 11.8 Å². The monoisotopic (exact) mass is 419 g/mol. The number of hydrogen-bond acceptors (Lipinski definition) is 4. The Bertz CT molecular complexity index is 984. The number of carbonyl (C=O) groups is 2. The number of rotatable bonds is 5. The van der Waals surface area contributed by atoms with E-state index in [1.807, 2.05) is 18.2 Å². The number of carbonyl (C=O) groups excluding carboxylic acids is 2. The van der Waals surface area contributed by atoms with Crippen LogP contribution >= 0.6 is 0 Å². The van der Waals surface area contributed by atoms with Gasteiger partial charge in [-0.25, -0.2) is 0 Å². The molecular formula is C25H29N3O3. The van der Waals surface area contributed by atoms with Crippen LogP contribution in [-0.2, 0) is 6.42 Å². The van der Waals surface area contributed by atoms with Gasteiger partial charge in [0.2, 0.25) is 0 Å². The van der Waals surface area contributed by atoms with Gasteiger partial charge in [-0.1, -0.05) is 6.42 Å². The number of nitrogens with zero attached hydrogens (tertiary/aromatic N) is 2. The molecule has 2 heterocycles. The second-order valence-corrected chi connectivity index (χ2v) is 8.80. The fraction of sp³-hybridized carbons (Fsp3) is 0.440. The number of amides is 2. The summed E-state index contributed by atoms with van der Waals surface area (Å²) in [5, 5.41) is 2.61. The summed E-state index contributed by atoms with van der Waals surface area (Å²) in [4.78, 5) is 29.5. The first kappa shape index (κ1) is 20.1. The minimum Gasteiger partial charge on any atom is -0.457 e. The van der Waals surface area contributed by atoms with Crippen LogP contribution < -0.4 is 10.1 Å². The normalized spacial score (nSPS) is 21.5. The van der Waals surface area contributed by atoms with Crippen LogP contribution in [0.4, 0.5) is 0 Å². The molecule has 1 saturated carbocycles. The van der Waals surface area contributed by atoms with Crippen molar-refractivity contribution in [2.24, 2.45) is 0 Å². The predicted molar refractivity (Wildman–Crippen MR) is 119 cm³/mol. The fourth-order valence-electron chi connectivity index (χ4n) is 4.96. The van der Waals surface area contributed by atoms with Crippen molar-refractivity contribution < 1.29 is 14.3 Å². The first-order valence-electron chi connectivity index (χ1n) is 11.3. The maximum absolute atomic E-state index is 13.2. The van der Waals surface area contributed by atoms with Crippen LogP contribution in [0.15, 0.2) is 42.5 Å². The molecule has 0 spiro atoms. The van der Waals surface area contributed by atoms with Crippen molar-refractivity contribution in [1.82, 2.24) is 15.1 Å². The van der Waals surface area contributed by atoms with E-state index < -0.39 is 0 Å². The SMILES string of the molecule is CNC(=O)c1ccc(Oc2ccc3c(c2)CCN([C@H]2CCN(C4CCC4)C2)C3=O)cc1. The average Bonchev–Trinajstić information content (AvgIpc) is 3.21. The molecule has 0 bridgehead atoms. The summed E-state index contributed by atoms with van der Waals surface area (Å²) in [7, 11) is 1.61. The highest BCUT2D eigenvalue weighted by molar-refractivity contribution is 5.97. The average molecular weight is 420 g/mol. The summed E-state index contributed by atoms with van der Waals surface area (Å²) < 4.78 is 5.97. The number of hydrogen-bond donors (Lipinski definition) is 1. The highest BCUT2D eigenvalue weighted by Gasteiger charge is 2.37. The number of ether oxygens (including phenoxy) is 1. The van der Waals surface area contributed by atoms with Gasteiger partial charge < -0.3 is 15.0 Å². The molecule has 0 aromatic heterocycles. The van der Waals surface area contributed by atoms with Gasteiger partial charge in [-0.05, 0) is 73.7 Å². The third-order valence-corrected chi connectivity index (χ3v) is 7.00. The third-order valence-electron chi connectivity index (χ3n) is 7.00. The molecule has 2 aliphatic heterocycles. The van der Waals surface area contributed by atoms with Crippen molar-refractivity contribution in [3.05, 3.63) is 59.2 Å². The summed E-state index contributed by atoms with van der Waals surface area (Å²) in [6.07, 6.45) is 5.94. The van der Waals surface area contributed by atoms with E-state index in [2.05, 4.69) is 15.1 Å². The molecule has 3 aliphatic rings. The molecule has 0 unspecified atom stereocenters. The summed E-state index contributed by atoms with van der Waals surface area (Å²) in [6, 6.07) is 13.9. The lowest BCUT2D eigenvalue weighted by molar-refractivity contribution is 0.0646. The molecule has 1 atom stereocenters. The first-order valence-corrected chi connectivity index (χ1v) is 11.3. The number of likely N-dealkylation sites (tertiary alicyclic amines) is 1. The Morgan fingerprint density at radius 1 is 1.00 bits per heavy atom. The molecule has 2 aromatic carbocycles. The van der Waals surface area contributed by atoms with E-state index in [0.717, 1.165) is 49.6 Å². The Hall–Kier alpha value is -2.86. The van der Waals surface area contributed by atoms with Crippen LogP contribution in [0.5, 0.6) is 11.5 Å². The minimum atomic E-state index is -0.124. The lowest BCUT2D eigenvalue weighted by atomic mass is 9.92. The van der Waals surface area contributed by atoms with Gasteiger partial charge in [-0.3, -0.25) is 14.5 Å². The van der Waals surface area contributed by atoms with E-state index in [-0.39, 0.29) is 11.8 Å². The van der Waals surface area contributed by atoms with Crippen LogP contribution in [0, 0.1) is 0 Å². The maximum atomic E-state index is 13.2. The topological polar surface area (TPSA) is 61.9 Å². The Labute approximate surface area is 183 Å². The molecular weight excluding hydrogens is 390 g/mol. The second-order valence-electron chi connectivity index (χ2n) is 8.80. The van der Waals surface area contributed by atoms with Crippen molar-refractivity contribution in [2.75, 3.05) is 26.7 Å². The van der Waals surface area contributed by atoms with Gasteiger partial charge in [-0.2, -0.15) is 0 Å². The molecule has 2 fully saturated rings. The highest BCUT2D eigenvalue weighted by Crippen LogP contribution is 2.32. The number of nitrogens with one attached hydrogen (secondary N) is 1. The molecule has 1 N–H and O–H groups in total. The minimum absolute atomic E-state index is 0.124. The Morgan fingerprint density at radius 3 is 2.48 bits per heavy atom. The largest absolute Gasteiger partial charge is 0.457 e. The Morgan fingerprint density at radius 2 is 1.77 bits per heavy atom. The molecule has 1 aliphatic carbocycles.